The average Bonchev–Trinajstić information content (AvgIpc) is 2.63. The summed E-state index contributed by atoms with van der Waals surface area (Å²) < 4.78 is 0. The number of aromatic hydroxyl groups is 1. The number of halogens is 1. The first-order valence-corrected chi connectivity index (χ1v) is 10.7. The van der Waals surface area contributed by atoms with E-state index < -0.39 is 0 Å². The van der Waals surface area contributed by atoms with Gasteiger partial charge in [-0.3, -0.25) is 4.79 Å². The van der Waals surface area contributed by atoms with E-state index in [9.17, 15) is 9.90 Å². The summed E-state index contributed by atoms with van der Waals surface area (Å²) in [7, 11) is 0. The van der Waals surface area contributed by atoms with E-state index in [1.165, 1.54) is 48.6 Å². The fraction of sp³-hybridized carbons (Fsp3) is 0.346. The van der Waals surface area contributed by atoms with Gasteiger partial charge >= 0.3 is 0 Å². The Morgan fingerprint density at radius 2 is 1.93 bits per heavy atom. The predicted octanol–water partition coefficient (Wildman–Crippen LogP) is 7.52. The molecular formula is C26H32ClNO2. The number of allylic oxidation sites excluding steroid dienone is 9. The molecule has 0 saturated carbocycles. The maximum Gasteiger partial charge on any atom is 0.248 e. The number of phenolic OH excluding ortho intramolecular Hbond substituents is 1. The van der Waals surface area contributed by atoms with Crippen molar-refractivity contribution in [2.24, 2.45) is 5.41 Å². The van der Waals surface area contributed by atoms with E-state index in [1.807, 2.05) is 25.2 Å². The third kappa shape index (κ3) is 7.07. The summed E-state index contributed by atoms with van der Waals surface area (Å²) in [5.74, 6) is -0.263. The first-order valence-electron chi connectivity index (χ1n) is 10.3. The van der Waals surface area contributed by atoms with Gasteiger partial charge in [0.25, 0.3) is 0 Å². The van der Waals surface area contributed by atoms with Crippen molar-refractivity contribution in [1.29, 1.82) is 0 Å². The lowest BCUT2D eigenvalue weighted by Crippen LogP contribution is -2.19. The van der Waals surface area contributed by atoms with Gasteiger partial charge in [0.05, 0.1) is 5.02 Å². The molecule has 0 unspecified atom stereocenters. The zero-order chi connectivity index (χ0) is 22.3. The highest BCUT2D eigenvalue weighted by Crippen LogP contribution is 2.40. The summed E-state index contributed by atoms with van der Waals surface area (Å²) in [6.07, 6.45) is 15.5. The molecule has 0 spiro atoms. The Hall–Kier alpha value is -2.52. The van der Waals surface area contributed by atoms with Gasteiger partial charge in [0.1, 0.15) is 5.75 Å². The number of amides is 1. The van der Waals surface area contributed by atoms with Crippen molar-refractivity contribution >= 4 is 23.2 Å². The maximum atomic E-state index is 12.1. The normalized spacial score (nSPS) is 17.8. The van der Waals surface area contributed by atoms with Gasteiger partial charge in [-0.15, -0.1) is 0 Å². The molecule has 1 aromatic rings. The molecule has 1 aliphatic rings. The molecule has 0 bridgehead atoms. The smallest absolute Gasteiger partial charge is 0.248 e. The molecule has 2 N–H and O–H groups in total. The SMILES string of the molecule is CC1=C(/C=C/C(C)=C/C=C/C(C)=C/C(=O)Nc2ccc(O)c(Cl)c2)C(C)(C)CCC1. The largest absolute Gasteiger partial charge is 0.506 e. The molecule has 2 rings (SSSR count). The molecule has 160 valence electrons. The number of carbonyl (C=O) groups excluding carboxylic acids is 1. The summed E-state index contributed by atoms with van der Waals surface area (Å²) in [6, 6.07) is 4.56. The predicted molar refractivity (Wildman–Crippen MR) is 128 cm³/mol. The van der Waals surface area contributed by atoms with Crippen LogP contribution in [0.15, 0.2) is 76.9 Å². The van der Waals surface area contributed by atoms with Crippen LogP contribution < -0.4 is 5.32 Å². The molecule has 30 heavy (non-hydrogen) atoms. The van der Waals surface area contributed by atoms with E-state index >= 15 is 0 Å². The lowest BCUT2D eigenvalue weighted by Gasteiger charge is -2.32. The Balaban J connectivity index is 1.97. The van der Waals surface area contributed by atoms with Gasteiger partial charge in [-0.05, 0) is 74.8 Å². The molecule has 3 nitrogen and oxygen atoms in total. The van der Waals surface area contributed by atoms with Crippen molar-refractivity contribution in [3.8, 4) is 5.75 Å². The van der Waals surface area contributed by atoms with Crippen LogP contribution in [-0.2, 0) is 4.79 Å². The van der Waals surface area contributed by atoms with Crippen LogP contribution >= 0.6 is 11.6 Å². The second-order valence-corrected chi connectivity index (χ2v) is 8.99. The maximum absolute atomic E-state index is 12.1. The van der Waals surface area contributed by atoms with Gasteiger partial charge in [-0.1, -0.05) is 67.0 Å². The number of hydrogen-bond donors (Lipinski definition) is 2. The van der Waals surface area contributed by atoms with Gasteiger partial charge in [-0.2, -0.15) is 0 Å². The summed E-state index contributed by atoms with van der Waals surface area (Å²) in [4.78, 5) is 12.1. The Morgan fingerprint density at radius 1 is 1.20 bits per heavy atom. The van der Waals surface area contributed by atoms with Crippen LogP contribution in [0.2, 0.25) is 5.02 Å². The summed E-state index contributed by atoms with van der Waals surface area (Å²) in [5.41, 5.74) is 5.70. The lowest BCUT2D eigenvalue weighted by atomic mass is 9.72. The number of nitrogens with one attached hydrogen (secondary N) is 1. The second-order valence-electron chi connectivity index (χ2n) is 8.58. The van der Waals surface area contributed by atoms with Crippen molar-refractivity contribution in [1.82, 2.24) is 0 Å². The van der Waals surface area contributed by atoms with Crippen LogP contribution in [0.25, 0.3) is 0 Å². The molecule has 1 aromatic carbocycles. The highest BCUT2D eigenvalue weighted by molar-refractivity contribution is 6.32. The molecule has 0 radical (unpaired) electrons. The molecular weight excluding hydrogens is 394 g/mol. The van der Waals surface area contributed by atoms with Gasteiger partial charge in [0, 0.05) is 11.8 Å². The Bertz CT molecular complexity index is 946. The molecule has 0 atom stereocenters. The zero-order valence-electron chi connectivity index (χ0n) is 18.6. The average molecular weight is 426 g/mol. The van der Waals surface area contributed by atoms with Crippen LogP contribution in [0.5, 0.6) is 5.75 Å². The van der Waals surface area contributed by atoms with Gasteiger partial charge in [-0.25, -0.2) is 0 Å². The number of anilines is 1. The van der Waals surface area contributed by atoms with Crippen LogP contribution in [0.4, 0.5) is 5.69 Å². The van der Waals surface area contributed by atoms with Crippen LogP contribution in [-0.4, -0.2) is 11.0 Å². The minimum absolute atomic E-state index is 0.0148. The fourth-order valence-corrected chi connectivity index (χ4v) is 3.83. The van der Waals surface area contributed by atoms with Crippen molar-refractivity contribution in [2.45, 2.75) is 53.9 Å². The summed E-state index contributed by atoms with van der Waals surface area (Å²) in [5, 5.41) is 12.4. The minimum atomic E-state index is -0.249. The minimum Gasteiger partial charge on any atom is -0.506 e. The number of carbonyl (C=O) groups is 1. The number of phenols is 1. The van der Waals surface area contributed by atoms with Crippen molar-refractivity contribution < 1.29 is 9.90 Å². The summed E-state index contributed by atoms with van der Waals surface area (Å²) >= 11 is 5.86. The zero-order valence-corrected chi connectivity index (χ0v) is 19.3. The second kappa shape index (κ2) is 10.5. The Morgan fingerprint density at radius 3 is 2.60 bits per heavy atom. The quantitative estimate of drug-likeness (QED) is 0.281. The molecule has 1 amide bonds. The van der Waals surface area contributed by atoms with Crippen LogP contribution in [0.3, 0.4) is 0 Å². The summed E-state index contributed by atoms with van der Waals surface area (Å²) in [6.45, 7) is 10.8. The van der Waals surface area contributed by atoms with Crippen LogP contribution in [0.1, 0.15) is 53.9 Å². The molecule has 0 aromatic heterocycles. The Labute approximate surface area is 185 Å². The standard InChI is InChI=1S/C26H32ClNO2/c1-18(11-13-22-20(3)10-7-15-26(22,4)5)8-6-9-19(2)16-25(30)28-21-12-14-24(29)23(27)17-21/h6,8-9,11-14,16-17,29H,7,10,15H2,1-5H3,(H,28,30)/b9-6+,13-11+,18-8+,19-16+. The van der Waals surface area contributed by atoms with E-state index in [-0.39, 0.29) is 22.1 Å². The van der Waals surface area contributed by atoms with Crippen molar-refractivity contribution in [3.05, 3.63) is 82.0 Å². The lowest BCUT2D eigenvalue weighted by molar-refractivity contribution is -0.111. The van der Waals surface area contributed by atoms with E-state index in [0.717, 1.165) is 11.1 Å². The van der Waals surface area contributed by atoms with Crippen LogP contribution in [0, 0.1) is 5.41 Å². The molecule has 0 fully saturated rings. The molecule has 0 aliphatic heterocycles. The molecule has 1 aliphatic carbocycles. The van der Waals surface area contributed by atoms with Gasteiger partial charge < -0.3 is 10.4 Å². The molecule has 0 heterocycles. The van der Waals surface area contributed by atoms with E-state index in [4.69, 9.17) is 11.6 Å². The number of hydrogen-bond acceptors (Lipinski definition) is 2. The fourth-order valence-electron chi connectivity index (χ4n) is 3.65. The monoisotopic (exact) mass is 425 g/mol. The number of rotatable bonds is 6. The highest BCUT2D eigenvalue weighted by Gasteiger charge is 2.26. The van der Waals surface area contributed by atoms with Crippen molar-refractivity contribution in [3.63, 3.8) is 0 Å². The molecule has 4 heteroatoms. The van der Waals surface area contributed by atoms with Crippen molar-refractivity contribution in [2.75, 3.05) is 5.32 Å². The molecule has 0 saturated heterocycles. The van der Waals surface area contributed by atoms with Gasteiger partial charge in [0.15, 0.2) is 0 Å². The topological polar surface area (TPSA) is 49.3 Å². The number of benzene rings is 1. The third-order valence-electron chi connectivity index (χ3n) is 5.35. The van der Waals surface area contributed by atoms with E-state index in [2.05, 4.69) is 45.2 Å². The van der Waals surface area contributed by atoms with Gasteiger partial charge in [0.2, 0.25) is 5.91 Å². The first-order chi connectivity index (χ1) is 14.1. The highest BCUT2D eigenvalue weighted by atomic mass is 35.5. The first kappa shape index (κ1) is 23.8. The van der Waals surface area contributed by atoms with E-state index in [1.54, 1.807) is 6.07 Å². The third-order valence-corrected chi connectivity index (χ3v) is 5.65. The van der Waals surface area contributed by atoms with E-state index in [0.29, 0.717) is 5.69 Å². The Kier molecular flexibility index (Phi) is 8.31.